The number of hydrogen-bond acceptors (Lipinski definition) is 4. The second-order valence-electron chi connectivity index (χ2n) is 9.41. The standard InChI is InChI=1S/C22H24ClF3N4O3/c1-20(2,3)33-19(32)29-10-13-11-30(28-17(13)12-29)21(7-4-8-21)18(31)27-16-6-5-14(9-15(16)23)22(24,25)26/h5-6,9,11H,4,7-8,10,12H2,1-3H3,(H,27,31). The lowest BCUT2D eigenvalue weighted by atomic mass is 9.76. The molecule has 0 atom stereocenters. The lowest BCUT2D eigenvalue weighted by Crippen LogP contribution is -2.51. The highest BCUT2D eigenvalue weighted by Gasteiger charge is 2.48. The zero-order chi connectivity index (χ0) is 24.2. The number of anilines is 1. The van der Waals surface area contributed by atoms with Gasteiger partial charge in [0.1, 0.15) is 11.1 Å². The maximum atomic E-state index is 13.2. The molecule has 2 aromatic rings. The smallest absolute Gasteiger partial charge is 0.416 e. The number of alkyl halides is 3. The van der Waals surface area contributed by atoms with Crippen molar-refractivity contribution >= 4 is 29.3 Å². The van der Waals surface area contributed by atoms with Gasteiger partial charge in [0.05, 0.1) is 35.1 Å². The van der Waals surface area contributed by atoms with Crippen molar-refractivity contribution in [2.75, 3.05) is 5.32 Å². The van der Waals surface area contributed by atoms with E-state index in [4.69, 9.17) is 16.3 Å². The first-order valence-electron chi connectivity index (χ1n) is 10.5. The van der Waals surface area contributed by atoms with Crippen molar-refractivity contribution in [1.29, 1.82) is 0 Å². The van der Waals surface area contributed by atoms with Crippen LogP contribution in [0, 0.1) is 0 Å². The molecule has 0 spiro atoms. The first-order valence-corrected chi connectivity index (χ1v) is 10.9. The van der Waals surface area contributed by atoms with Gasteiger partial charge in [-0.25, -0.2) is 4.79 Å². The van der Waals surface area contributed by atoms with Crippen molar-refractivity contribution in [2.45, 2.75) is 70.4 Å². The van der Waals surface area contributed by atoms with Crippen LogP contribution in [-0.4, -0.2) is 32.3 Å². The van der Waals surface area contributed by atoms with Gasteiger partial charge in [0, 0.05) is 11.8 Å². The Morgan fingerprint density at radius 1 is 1.18 bits per heavy atom. The summed E-state index contributed by atoms with van der Waals surface area (Å²) in [5.41, 5.74) is -0.823. The largest absolute Gasteiger partial charge is 0.444 e. The van der Waals surface area contributed by atoms with Crippen LogP contribution in [0.15, 0.2) is 24.4 Å². The summed E-state index contributed by atoms with van der Waals surface area (Å²) in [5, 5.41) is 7.04. The van der Waals surface area contributed by atoms with Gasteiger partial charge in [0.25, 0.3) is 5.91 Å². The van der Waals surface area contributed by atoms with E-state index in [0.717, 1.165) is 30.2 Å². The predicted molar refractivity (Wildman–Crippen MR) is 115 cm³/mol. The molecule has 33 heavy (non-hydrogen) atoms. The number of ether oxygens (including phenoxy) is 1. The maximum Gasteiger partial charge on any atom is 0.416 e. The molecule has 0 bridgehead atoms. The third kappa shape index (κ3) is 4.53. The normalized spacial score (nSPS) is 17.4. The van der Waals surface area contributed by atoms with Crippen LogP contribution in [0.4, 0.5) is 23.7 Å². The molecule has 1 fully saturated rings. The number of fused-ring (bicyclic) bond motifs is 1. The molecular weight excluding hydrogens is 461 g/mol. The highest BCUT2D eigenvalue weighted by molar-refractivity contribution is 6.33. The Hall–Kier alpha value is -2.75. The Balaban J connectivity index is 1.49. The summed E-state index contributed by atoms with van der Waals surface area (Å²) in [6.07, 6.45) is -1.32. The number of amides is 2. The molecule has 2 heterocycles. The van der Waals surface area contributed by atoms with E-state index in [9.17, 15) is 22.8 Å². The van der Waals surface area contributed by atoms with Crippen LogP contribution in [0.2, 0.25) is 5.02 Å². The van der Waals surface area contributed by atoms with Crippen LogP contribution in [0.25, 0.3) is 0 Å². The highest BCUT2D eigenvalue weighted by atomic mass is 35.5. The van der Waals surface area contributed by atoms with E-state index in [2.05, 4.69) is 10.4 Å². The number of hydrogen-bond donors (Lipinski definition) is 1. The summed E-state index contributed by atoms with van der Waals surface area (Å²) in [7, 11) is 0. The molecule has 11 heteroatoms. The highest BCUT2D eigenvalue weighted by Crippen LogP contribution is 2.42. The molecule has 4 rings (SSSR count). The van der Waals surface area contributed by atoms with Gasteiger partial charge in [-0.15, -0.1) is 0 Å². The number of carbonyl (C=O) groups is 2. The van der Waals surface area contributed by atoms with E-state index in [0.29, 0.717) is 25.1 Å². The minimum Gasteiger partial charge on any atom is -0.444 e. The second-order valence-corrected chi connectivity index (χ2v) is 9.82. The Morgan fingerprint density at radius 3 is 2.39 bits per heavy atom. The molecule has 2 aliphatic rings. The molecule has 0 unspecified atom stereocenters. The van der Waals surface area contributed by atoms with Gasteiger partial charge in [-0.05, 0) is 58.2 Å². The van der Waals surface area contributed by atoms with E-state index in [1.165, 1.54) is 0 Å². The molecule has 0 saturated heterocycles. The number of carbonyl (C=O) groups excluding carboxylic acids is 2. The lowest BCUT2D eigenvalue weighted by molar-refractivity contribution is -0.137. The van der Waals surface area contributed by atoms with Crippen molar-refractivity contribution in [3.05, 3.63) is 46.2 Å². The molecule has 2 amide bonds. The van der Waals surface area contributed by atoms with Crippen molar-refractivity contribution in [1.82, 2.24) is 14.7 Å². The number of nitrogens with zero attached hydrogens (tertiary/aromatic N) is 3. The quantitative estimate of drug-likeness (QED) is 0.639. The number of aromatic nitrogens is 2. The van der Waals surface area contributed by atoms with Gasteiger partial charge >= 0.3 is 12.3 Å². The Bertz CT molecular complexity index is 1080. The van der Waals surface area contributed by atoms with Crippen molar-refractivity contribution < 1.29 is 27.5 Å². The molecule has 178 valence electrons. The fourth-order valence-corrected chi connectivity index (χ4v) is 4.16. The summed E-state index contributed by atoms with van der Waals surface area (Å²) < 4.78 is 45.7. The third-order valence-electron chi connectivity index (χ3n) is 5.82. The Morgan fingerprint density at radius 2 is 1.88 bits per heavy atom. The monoisotopic (exact) mass is 484 g/mol. The summed E-state index contributed by atoms with van der Waals surface area (Å²) in [5.74, 6) is -0.388. The number of benzene rings is 1. The fourth-order valence-electron chi connectivity index (χ4n) is 3.93. The van der Waals surface area contributed by atoms with Crippen LogP contribution < -0.4 is 5.32 Å². The van der Waals surface area contributed by atoms with E-state index in [1.54, 1.807) is 36.5 Å². The minimum atomic E-state index is -4.52. The predicted octanol–water partition coefficient (Wildman–Crippen LogP) is 5.32. The summed E-state index contributed by atoms with van der Waals surface area (Å²) >= 11 is 6.00. The van der Waals surface area contributed by atoms with Crippen LogP contribution in [0.1, 0.15) is 56.9 Å². The molecular formula is C22H24ClF3N4O3. The van der Waals surface area contributed by atoms with Crippen molar-refractivity contribution in [3.63, 3.8) is 0 Å². The SMILES string of the molecule is CC(C)(C)OC(=O)N1Cc2cn(C3(C(=O)Nc4ccc(C(F)(F)F)cc4Cl)CCC3)nc2C1. The first-order chi connectivity index (χ1) is 15.3. The lowest BCUT2D eigenvalue weighted by Gasteiger charge is -2.40. The van der Waals surface area contributed by atoms with Gasteiger partial charge in [-0.2, -0.15) is 18.3 Å². The van der Waals surface area contributed by atoms with Gasteiger partial charge in [-0.3, -0.25) is 14.4 Å². The van der Waals surface area contributed by atoms with Gasteiger partial charge in [-0.1, -0.05) is 11.6 Å². The number of halogens is 4. The maximum absolute atomic E-state index is 13.2. The first kappa shape index (κ1) is 23.4. The van der Waals surface area contributed by atoms with E-state index < -0.39 is 29.0 Å². The zero-order valence-electron chi connectivity index (χ0n) is 18.4. The molecule has 1 saturated carbocycles. The number of rotatable bonds is 3. The minimum absolute atomic E-state index is 0.108. The summed E-state index contributed by atoms with van der Waals surface area (Å²) in [6, 6.07) is 2.82. The summed E-state index contributed by atoms with van der Waals surface area (Å²) in [6.45, 7) is 5.99. The molecule has 1 aliphatic heterocycles. The van der Waals surface area contributed by atoms with E-state index in [1.807, 2.05) is 0 Å². The Kier molecular flexibility index (Phi) is 5.63. The summed E-state index contributed by atoms with van der Waals surface area (Å²) in [4.78, 5) is 27.0. The number of nitrogens with one attached hydrogen (secondary N) is 1. The zero-order valence-corrected chi connectivity index (χ0v) is 19.2. The second kappa shape index (κ2) is 7.93. The topological polar surface area (TPSA) is 76.5 Å². The molecule has 1 N–H and O–H groups in total. The molecule has 1 aromatic carbocycles. The van der Waals surface area contributed by atoms with Crippen LogP contribution >= 0.6 is 11.6 Å². The van der Waals surface area contributed by atoms with Gasteiger partial charge < -0.3 is 10.1 Å². The van der Waals surface area contributed by atoms with E-state index in [-0.39, 0.29) is 23.2 Å². The van der Waals surface area contributed by atoms with E-state index >= 15 is 0 Å². The average molecular weight is 485 g/mol. The van der Waals surface area contributed by atoms with Gasteiger partial charge in [0.15, 0.2) is 0 Å². The average Bonchev–Trinajstić information content (AvgIpc) is 3.19. The molecule has 1 aromatic heterocycles. The van der Waals surface area contributed by atoms with Crippen molar-refractivity contribution in [3.8, 4) is 0 Å². The van der Waals surface area contributed by atoms with Crippen LogP contribution in [0.3, 0.4) is 0 Å². The fraction of sp³-hybridized carbons (Fsp3) is 0.500. The van der Waals surface area contributed by atoms with Crippen LogP contribution in [0.5, 0.6) is 0 Å². The Labute approximate surface area is 193 Å². The molecule has 1 aliphatic carbocycles. The van der Waals surface area contributed by atoms with Crippen LogP contribution in [-0.2, 0) is 34.3 Å². The third-order valence-corrected chi connectivity index (χ3v) is 6.13. The van der Waals surface area contributed by atoms with Gasteiger partial charge in [0.2, 0.25) is 0 Å². The molecule has 7 nitrogen and oxygen atoms in total. The molecule has 0 radical (unpaired) electrons. The van der Waals surface area contributed by atoms with Crippen molar-refractivity contribution in [2.24, 2.45) is 0 Å².